The zero-order chi connectivity index (χ0) is 16.2. The topological polar surface area (TPSA) is 99.6 Å². The number of carboxylic acid groups (broad SMARTS) is 1. The Kier molecular flexibility index (Phi) is 3.92. The molecule has 0 aliphatic heterocycles. The van der Waals surface area contributed by atoms with Crippen molar-refractivity contribution >= 4 is 28.8 Å². The molecule has 0 unspecified atom stereocenters. The van der Waals surface area contributed by atoms with Gasteiger partial charge in [-0.15, -0.1) is 0 Å². The van der Waals surface area contributed by atoms with Gasteiger partial charge in [0.15, 0.2) is 0 Å². The number of aromatic nitrogens is 2. The minimum absolute atomic E-state index is 0.176. The van der Waals surface area contributed by atoms with Gasteiger partial charge in [-0.3, -0.25) is 5.32 Å². The highest BCUT2D eigenvalue weighted by molar-refractivity contribution is 6.13. The Labute approximate surface area is 131 Å². The first kappa shape index (κ1) is 14.6. The summed E-state index contributed by atoms with van der Waals surface area (Å²) in [6.07, 6.45) is -1.17. The van der Waals surface area contributed by atoms with Gasteiger partial charge >= 0.3 is 6.09 Å². The van der Waals surface area contributed by atoms with Crippen LogP contribution in [0, 0.1) is 0 Å². The second-order valence-corrected chi connectivity index (χ2v) is 4.74. The molecule has 7 nitrogen and oxygen atoms in total. The van der Waals surface area contributed by atoms with E-state index in [1.807, 2.05) is 42.5 Å². The molecule has 3 rings (SSSR count). The number of hydrogen-bond acceptors (Lipinski definition) is 4. The third kappa shape index (κ3) is 3.13. The maximum Gasteiger partial charge on any atom is 0.411 e. The molecule has 0 spiro atoms. The van der Waals surface area contributed by atoms with Crippen LogP contribution in [0.3, 0.4) is 0 Å². The SMILES string of the molecule is CON=C(c1ccccc1)c1ccc2nc(NC(=O)O)[nH]c2c1. The van der Waals surface area contributed by atoms with Gasteiger partial charge in [0, 0.05) is 11.1 Å². The van der Waals surface area contributed by atoms with Crippen LogP contribution < -0.4 is 5.32 Å². The molecule has 0 aliphatic carbocycles. The molecule has 0 saturated carbocycles. The molecule has 0 radical (unpaired) electrons. The summed E-state index contributed by atoms with van der Waals surface area (Å²) in [4.78, 5) is 22.7. The largest absolute Gasteiger partial charge is 0.465 e. The lowest BCUT2D eigenvalue weighted by atomic mass is 10.0. The van der Waals surface area contributed by atoms with E-state index in [1.54, 1.807) is 6.07 Å². The number of nitrogens with zero attached hydrogens (tertiary/aromatic N) is 2. The molecule has 2 aromatic carbocycles. The molecule has 116 valence electrons. The quantitative estimate of drug-likeness (QED) is 0.509. The first-order valence-electron chi connectivity index (χ1n) is 6.84. The second kappa shape index (κ2) is 6.18. The van der Waals surface area contributed by atoms with Crippen LogP contribution in [0.1, 0.15) is 11.1 Å². The van der Waals surface area contributed by atoms with Gasteiger partial charge in [-0.05, 0) is 12.1 Å². The number of anilines is 1. The number of rotatable bonds is 4. The summed E-state index contributed by atoms with van der Waals surface area (Å²) >= 11 is 0. The highest BCUT2D eigenvalue weighted by Crippen LogP contribution is 2.19. The number of benzene rings is 2. The zero-order valence-corrected chi connectivity index (χ0v) is 12.3. The molecule has 1 aromatic heterocycles. The van der Waals surface area contributed by atoms with E-state index in [2.05, 4.69) is 20.4 Å². The van der Waals surface area contributed by atoms with Crippen molar-refractivity contribution in [2.24, 2.45) is 5.16 Å². The van der Waals surface area contributed by atoms with E-state index in [-0.39, 0.29) is 5.95 Å². The summed E-state index contributed by atoms with van der Waals surface area (Å²) in [5, 5.41) is 15.0. The number of H-pyrrole nitrogens is 1. The number of imidazole rings is 1. The summed E-state index contributed by atoms with van der Waals surface area (Å²) < 4.78 is 0. The molecule has 3 aromatic rings. The van der Waals surface area contributed by atoms with E-state index in [0.717, 1.165) is 11.1 Å². The minimum atomic E-state index is -1.17. The van der Waals surface area contributed by atoms with E-state index < -0.39 is 6.09 Å². The van der Waals surface area contributed by atoms with Gasteiger partial charge in [0.2, 0.25) is 5.95 Å². The van der Waals surface area contributed by atoms with E-state index >= 15 is 0 Å². The van der Waals surface area contributed by atoms with Crippen LogP contribution >= 0.6 is 0 Å². The number of aromatic amines is 1. The van der Waals surface area contributed by atoms with E-state index in [0.29, 0.717) is 16.7 Å². The van der Waals surface area contributed by atoms with Gasteiger partial charge in [0.05, 0.1) is 11.0 Å². The summed E-state index contributed by atoms with van der Waals surface area (Å²) in [5.74, 6) is 0.176. The summed E-state index contributed by atoms with van der Waals surface area (Å²) in [7, 11) is 1.49. The molecular formula is C16H14N4O3. The van der Waals surface area contributed by atoms with Crippen molar-refractivity contribution in [2.75, 3.05) is 12.4 Å². The lowest BCUT2D eigenvalue weighted by molar-refractivity contribution is 0.209. The van der Waals surface area contributed by atoms with Crippen molar-refractivity contribution in [1.29, 1.82) is 0 Å². The Balaban J connectivity index is 2.04. The van der Waals surface area contributed by atoms with Crippen molar-refractivity contribution in [3.05, 3.63) is 59.7 Å². The zero-order valence-electron chi connectivity index (χ0n) is 12.3. The van der Waals surface area contributed by atoms with E-state index in [4.69, 9.17) is 9.94 Å². The minimum Gasteiger partial charge on any atom is -0.465 e. The molecule has 0 saturated heterocycles. The molecule has 3 N–H and O–H groups in total. The molecular weight excluding hydrogens is 296 g/mol. The van der Waals surface area contributed by atoms with Crippen LogP contribution in [0.25, 0.3) is 11.0 Å². The molecule has 0 bridgehead atoms. The van der Waals surface area contributed by atoms with Crippen molar-refractivity contribution in [2.45, 2.75) is 0 Å². The molecule has 0 atom stereocenters. The fourth-order valence-corrected chi connectivity index (χ4v) is 2.28. The number of amides is 1. The van der Waals surface area contributed by atoms with Crippen LogP contribution in [0.5, 0.6) is 0 Å². The Morgan fingerprint density at radius 1 is 1.22 bits per heavy atom. The Morgan fingerprint density at radius 3 is 2.70 bits per heavy atom. The Bertz CT molecular complexity index is 871. The number of hydrogen-bond donors (Lipinski definition) is 3. The molecule has 0 aliphatic rings. The summed E-state index contributed by atoms with van der Waals surface area (Å²) in [6.45, 7) is 0. The third-order valence-electron chi connectivity index (χ3n) is 3.21. The van der Waals surface area contributed by atoms with Crippen molar-refractivity contribution < 1.29 is 14.7 Å². The molecule has 1 amide bonds. The first-order valence-corrected chi connectivity index (χ1v) is 6.84. The Morgan fingerprint density at radius 2 is 2.00 bits per heavy atom. The molecule has 23 heavy (non-hydrogen) atoms. The monoisotopic (exact) mass is 310 g/mol. The fraction of sp³-hybridized carbons (Fsp3) is 0.0625. The maximum absolute atomic E-state index is 10.7. The summed E-state index contributed by atoms with van der Waals surface area (Å²) in [5.41, 5.74) is 3.78. The van der Waals surface area contributed by atoms with Crippen LogP contribution in [-0.4, -0.2) is 34.0 Å². The average molecular weight is 310 g/mol. The standard InChI is InChI=1S/C16H14N4O3/c1-23-20-14(10-5-3-2-4-6-10)11-7-8-12-13(9-11)18-15(17-12)19-16(21)22/h2-9H,1H3,(H,21,22)(H2,17,18,19). The van der Waals surface area contributed by atoms with Crippen LogP contribution in [-0.2, 0) is 4.84 Å². The molecule has 0 fully saturated rings. The Hall–Kier alpha value is -3.35. The summed E-state index contributed by atoms with van der Waals surface area (Å²) in [6, 6.07) is 15.1. The second-order valence-electron chi connectivity index (χ2n) is 4.74. The number of oxime groups is 1. The van der Waals surface area contributed by atoms with Gasteiger partial charge in [-0.25, -0.2) is 9.78 Å². The van der Waals surface area contributed by atoms with Crippen molar-refractivity contribution in [1.82, 2.24) is 9.97 Å². The third-order valence-corrected chi connectivity index (χ3v) is 3.21. The fourth-order valence-electron chi connectivity index (χ4n) is 2.28. The van der Waals surface area contributed by atoms with Gasteiger partial charge in [0.25, 0.3) is 0 Å². The van der Waals surface area contributed by atoms with E-state index in [9.17, 15) is 4.79 Å². The van der Waals surface area contributed by atoms with Crippen molar-refractivity contribution in [3.8, 4) is 0 Å². The van der Waals surface area contributed by atoms with Gasteiger partial charge in [-0.2, -0.15) is 0 Å². The lowest BCUT2D eigenvalue weighted by Crippen LogP contribution is -2.08. The first-order chi connectivity index (χ1) is 11.2. The van der Waals surface area contributed by atoms with Crippen LogP contribution in [0.15, 0.2) is 53.7 Å². The van der Waals surface area contributed by atoms with Gasteiger partial charge < -0.3 is 14.9 Å². The number of carbonyl (C=O) groups is 1. The van der Waals surface area contributed by atoms with Crippen LogP contribution in [0.2, 0.25) is 0 Å². The smallest absolute Gasteiger partial charge is 0.411 e. The molecule has 7 heteroatoms. The number of nitrogens with one attached hydrogen (secondary N) is 2. The predicted molar refractivity (Wildman–Crippen MR) is 86.8 cm³/mol. The van der Waals surface area contributed by atoms with E-state index in [1.165, 1.54) is 7.11 Å². The van der Waals surface area contributed by atoms with Crippen LogP contribution in [0.4, 0.5) is 10.7 Å². The van der Waals surface area contributed by atoms with Gasteiger partial charge in [-0.1, -0.05) is 41.6 Å². The maximum atomic E-state index is 10.7. The molecule has 1 heterocycles. The normalized spacial score (nSPS) is 11.4. The lowest BCUT2D eigenvalue weighted by Gasteiger charge is -2.06. The number of fused-ring (bicyclic) bond motifs is 1. The van der Waals surface area contributed by atoms with Crippen molar-refractivity contribution in [3.63, 3.8) is 0 Å². The highest BCUT2D eigenvalue weighted by Gasteiger charge is 2.11. The predicted octanol–water partition coefficient (Wildman–Crippen LogP) is 3.05. The average Bonchev–Trinajstić information content (AvgIpc) is 2.93. The van der Waals surface area contributed by atoms with Gasteiger partial charge in [0.1, 0.15) is 12.8 Å². The highest BCUT2D eigenvalue weighted by atomic mass is 16.6.